The molecule has 7 nitrogen and oxygen atoms in total. The van der Waals surface area contributed by atoms with Gasteiger partial charge in [-0.25, -0.2) is 9.37 Å². The largest absolute Gasteiger partial charge is 0.493 e. The molecule has 0 unspecified atom stereocenters. The SMILES string of the molecule is CCOc1ccccc1/C=C/C(=O)NNC(=O)c1cncn1-c1ccc(F)cc1. The zero-order valence-corrected chi connectivity index (χ0v) is 15.6. The molecule has 3 rings (SSSR count). The Morgan fingerprint density at radius 1 is 1.14 bits per heavy atom. The van der Waals surface area contributed by atoms with Gasteiger partial charge in [0.15, 0.2) is 0 Å². The van der Waals surface area contributed by atoms with Crippen molar-refractivity contribution >= 4 is 17.9 Å². The number of halogens is 1. The number of hydrogen-bond acceptors (Lipinski definition) is 4. The van der Waals surface area contributed by atoms with Crippen molar-refractivity contribution in [1.29, 1.82) is 0 Å². The van der Waals surface area contributed by atoms with E-state index in [-0.39, 0.29) is 11.5 Å². The van der Waals surface area contributed by atoms with Crippen LogP contribution in [0.4, 0.5) is 4.39 Å². The molecule has 0 aliphatic carbocycles. The maximum Gasteiger partial charge on any atom is 0.288 e. The molecule has 0 radical (unpaired) electrons. The standard InChI is InChI=1S/C21H19FN4O3/c1-2-29-19-6-4-3-5-15(19)7-12-20(27)24-25-21(28)18-13-23-14-26(18)17-10-8-16(22)9-11-17/h3-14H,2H2,1H3,(H,24,27)(H,25,28)/b12-7+. The molecule has 0 aliphatic rings. The summed E-state index contributed by atoms with van der Waals surface area (Å²) in [4.78, 5) is 28.4. The molecule has 148 valence electrons. The van der Waals surface area contributed by atoms with E-state index in [1.807, 2.05) is 25.1 Å². The zero-order valence-electron chi connectivity index (χ0n) is 15.6. The Morgan fingerprint density at radius 2 is 1.90 bits per heavy atom. The van der Waals surface area contributed by atoms with Crippen LogP contribution in [0.3, 0.4) is 0 Å². The van der Waals surface area contributed by atoms with E-state index in [2.05, 4.69) is 15.8 Å². The average molecular weight is 394 g/mol. The summed E-state index contributed by atoms with van der Waals surface area (Å²) in [6.07, 6.45) is 5.65. The van der Waals surface area contributed by atoms with E-state index < -0.39 is 11.8 Å². The van der Waals surface area contributed by atoms with E-state index >= 15 is 0 Å². The zero-order chi connectivity index (χ0) is 20.6. The van der Waals surface area contributed by atoms with E-state index in [1.165, 1.54) is 47.4 Å². The van der Waals surface area contributed by atoms with Crippen molar-refractivity contribution < 1.29 is 18.7 Å². The number of carbonyl (C=O) groups is 2. The third-order valence-electron chi connectivity index (χ3n) is 3.91. The Kier molecular flexibility index (Phi) is 6.36. The van der Waals surface area contributed by atoms with Crippen LogP contribution in [0.15, 0.2) is 67.1 Å². The van der Waals surface area contributed by atoms with Gasteiger partial charge in [-0.3, -0.25) is 25.0 Å². The maximum absolute atomic E-state index is 13.1. The van der Waals surface area contributed by atoms with Gasteiger partial charge < -0.3 is 4.74 Å². The van der Waals surface area contributed by atoms with Gasteiger partial charge in [0.05, 0.1) is 19.1 Å². The molecule has 3 aromatic rings. The lowest BCUT2D eigenvalue weighted by Gasteiger charge is -2.09. The number of hydrogen-bond donors (Lipinski definition) is 2. The molecule has 0 saturated heterocycles. The lowest BCUT2D eigenvalue weighted by atomic mass is 10.2. The first kappa shape index (κ1) is 19.8. The molecular formula is C21H19FN4O3. The molecule has 29 heavy (non-hydrogen) atoms. The maximum atomic E-state index is 13.1. The molecular weight excluding hydrogens is 375 g/mol. The summed E-state index contributed by atoms with van der Waals surface area (Å²) >= 11 is 0. The highest BCUT2D eigenvalue weighted by Gasteiger charge is 2.13. The van der Waals surface area contributed by atoms with Gasteiger partial charge in [-0.15, -0.1) is 0 Å². The summed E-state index contributed by atoms with van der Waals surface area (Å²) in [5, 5.41) is 0. The highest BCUT2D eigenvalue weighted by atomic mass is 19.1. The van der Waals surface area contributed by atoms with Crippen molar-refractivity contribution in [2.75, 3.05) is 6.61 Å². The first-order valence-corrected chi connectivity index (χ1v) is 8.87. The van der Waals surface area contributed by atoms with Crippen LogP contribution in [-0.4, -0.2) is 28.0 Å². The molecule has 2 aromatic carbocycles. The van der Waals surface area contributed by atoms with Crippen molar-refractivity contribution in [3.63, 3.8) is 0 Å². The fourth-order valence-electron chi connectivity index (χ4n) is 2.57. The molecule has 0 spiro atoms. The minimum atomic E-state index is -0.566. The summed E-state index contributed by atoms with van der Waals surface area (Å²) in [5.41, 5.74) is 6.13. The quantitative estimate of drug-likeness (QED) is 0.497. The second-order valence-electron chi connectivity index (χ2n) is 5.87. The number of benzene rings is 2. The third-order valence-corrected chi connectivity index (χ3v) is 3.91. The minimum absolute atomic E-state index is 0.183. The molecule has 8 heteroatoms. The van der Waals surface area contributed by atoms with Gasteiger partial charge in [0.2, 0.25) is 0 Å². The van der Waals surface area contributed by atoms with Crippen LogP contribution in [-0.2, 0) is 4.79 Å². The third kappa shape index (κ3) is 5.07. The molecule has 0 fully saturated rings. The fraction of sp³-hybridized carbons (Fsp3) is 0.0952. The number of amides is 2. The van der Waals surface area contributed by atoms with Crippen LogP contribution < -0.4 is 15.6 Å². The van der Waals surface area contributed by atoms with Crippen LogP contribution >= 0.6 is 0 Å². The van der Waals surface area contributed by atoms with E-state index in [0.29, 0.717) is 18.0 Å². The Morgan fingerprint density at radius 3 is 2.66 bits per heavy atom. The first-order valence-electron chi connectivity index (χ1n) is 8.87. The van der Waals surface area contributed by atoms with Crippen molar-refractivity contribution in [2.45, 2.75) is 6.92 Å². The van der Waals surface area contributed by atoms with E-state index in [9.17, 15) is 14.0 Å². The topological polar surface area (TPSA) is 85.2 Å². The highest BCUT2D eigenvalue weighted by Crippen LogP contribution is 2.19. The number of aromatic nitrogens is 2. The van der Waals surface area contributed by atoms with Crippen LogP contribution in [0.1, 0.15) is 23.0 Å². The van der Waals surface area contributed by atoms with Crippen LogP contribution in [0.2, 0.25) is 0 Å². The molecule has 0 bridgehead atoms. The molecule has 0 aliphatic heterocycles. The number of ether oxygens (including phenoxy) is 1. The smallest absolute Gasteiger partial charge is 0.288 e. The summed E-state index contributed by atoms with van der Waals surface area (Å²) in [7, 11) is 0. The van der Waals surface area contributed by atoms with Crippen LogP contribution in [0.25, 0.3) is 11.8 Å². The molecule has 1 aromatic heterocycles. The molecule has 0 atom stereocenters. The van der Waals surface area contributed by atoms with E-state index in [4.69, 9.17) is 4.74 Å². The number of nitrogens with zero attached hydrogens (tertiary/aromatic N) is 2. The first-order chi connectivity index (χ1) is 14.1. The van der Waals surface area contributed by atoms with E-state index in [1.54, 1.807) is 12.1 Å². The number of nitrogens with one attached hydrogen (secondary N) is 2. The summed E-state index contributed by atoms with van der Waals surface area (Å²) in [6, 6.07) is 12.9. The van der Waals surface area contributed by atoms with Crippen molar-refractivity contribution in [3.05, 3.63) is 84.2 Å². The molecule has 2 amide bonds. The van der Waals surface area contributed by atoms with Crippen molar-refractivity contribution in [1.82, 2.24) is 20.4 Å². The molecule has 2 N–H and O–H groups in total. The lowest BCUT2D eigenvalue weighted by Crippen LogP contribution is -2.41. The minimum Gasteiger partial charge on any atom is -0.493 e. The summed E-state index contributed by atoms with van der Waals surface area (Å²) in [5.74, 6) is -0.808. The van der Waals surface area contributed by atoms with Gasteiger partial charge in [0.1, 0.15) is 17.3 Å². The van der Waals surface area contributed by atoms with Crippen molar-refractivity contribution in [2.24, 2.45) is 0 Å². The second kappa shape index (κ2) is 9.32. The van der Waals surface area contributed by atoms with Gasteiger partial charge in [0, 0.05) is 17.3 Å². The number of hydrazine groups is 1. The Bertz CT molecular complexity index is 1030. The molecule has 0 saturated carbocycles. The normalized spacial score (nSPS) is 10.7. The van der Waals surface area contributed by atoms with E-state index in [0.717, 1.165) is 5.56 Å². The second-order valence-corrected chi connectivity index (χ2v) is 5.87. The predicted octanol–water partition coefficient (Wildman–Crippen LogP) is 2.88. The van der Waals surface area contributed by atoms with Crippen molar-refractivity contribution in [3.8, 4) is 11.4 Å². The van der Waals surface area contributed by atoms with Gasteiger partial charge in [-0.05, 0) is 43.3 Å². The average Bonchev–Trinajstić information content (AvgIpc) is 3.22. The van der Waals surface area contributed by atoms with Gasteiger partial charge in [-0.2, -0.15) is 0 Å². The fourth-order valence-corrected chi connectivity index (χ4v) is 2.57. The van der Waals surface area contributed by atoms with Gasteiger partial charge in [0.25, 0.3) is 11.8 Å². The molecule has 1 heterocycles. The number of para-hydroxylation sites is 1. The summed E-state index contributed by atoms with van der Waals surface area (Å²) < 4.78 is 20.1. The Labute approximate surface area is 166 Å². The number of rotatable bonds is 6. The van der Waals surface area contributed by atoms with Crippen LogP contribution in [0.5, 0.6) is 5.75 Å². The summed E-state index contributed by atoms with van der Waals surface area (Å²) in [6.45, 7) is 2.38. The number of carbonyl (C=O) groups excluding carboxylic acids is 2. The van der Waals surface area contributed by atoms with Gasteiger partial charge >= 0.3 is 0 Å². The Hall–Kier alpha value is -3.94. The highest BCUT2D eigenvalue weighted by molar-refractivity contribution is 5.97. The Balaban J connectivity index is 1.62. The lowest BCUT2D eigenvalue weighted by molar-refractivity contribution is -0.117. The van der Waals surface area contributed by atoms with Gasteiger partial charge in [-0.1, -0.05) is 18.2 Å². The van der Waals surface area contributed by atoms with Crippen LogP contribution in [0, 0.1) is 5.82 Å². The monoisotopic (exact) mass is 394 g/mol. The number of imidazole rings is 1. The predicted molar refractivity (Wildman–Crippen MR) is 106 cm³/mol.